The second-order valence-corrected chi connectivity index (χ2v) is 8.20. The number of imidazole rings is 1. The molecule has 2 heterocycles. The predicted molar refractivity (Wildman–Crippen MR) is 111 cm³/mol. The number of nitrogens with zero attached hydrogens (tertiary/aromatic N) is 3. The zero-order valence-electron chi connectivity index (χ0n) is 15.4. The number of aromatic nitrogens is 3. The Balaban J connectivity index is 1.63. The average molecular weight is 503 g/mol. The zero-order valence-corrected chi connectivity index (χ0v) is 17.8. The number of fused-ring (bicyclic) bond motifs is 1. The molecular formula is C19H16BrClF3N5O. The summed E-state index contributed by atoms with van der Waals surface area (Å²) in [4.78, 5) is 20.8. The van der Waals surface area contributed by atoms with Gasteiger partial charge in [0.1, 0.15) is 4.60 Å². The van der Waals surface area contributed by atoms with Crippen LogP contribution in [0.15, 0.2) is 35.2 Å². The maximum absolute atomic E-state index is 12.4. The van der Waals surface area contributed by atoms with Crippen LogP contribution in [-0.4, -0.2) is 39.0 Å². The van der Waals surface area contributed by atoms with E-state index >= 15 is 0 Å². The second kappa shape index (κ2) is 8.07. The van der Waals surface area contributed by atoms with Gasteiger partial charge in [-0.05, 0) is 40.9 Å². The van der Waals surface area contributed by atoms with Crippen molar-refractivity contribution in [2.45, 2.75) is 31.5 Å². The van der Waals surface area contributed by atoms with E-state index in [1.54, 1.807) is 35.0 Å². The van der Waals surface area contributed by atoms with Gasteiger partial charge in [-0.25, -0.2) is 9.97 Å². The van der Waals surface area contributed by atoms with E-state index in [9.17, 15) is 18.0 Å². The molecule has 0 spiro atoms. The van der Waals surface area contributed by atoms with E-state index in [1.165, 1.54) is 0 Å². The lowest BCUT2D eigenvalue weighted by Crippen LogP contribution is -2.25. The molecule has 6 nitrogen and oxygen atoms in total. The highest BCUT2D eigenvalue weighted by atomic mass is 79.9. The molecule has 1 aliphatic carbocycles. The van der Waals surface area contributed by atoms with Gasteiger partial charge in [-0.15, -0.1) is 0 Å². The van der Waals surface area contributed by atoms with Crippen molar-refractivity contribution < 1.29 is 18.0 Å². The highest BCUT2D eigenvalue weighted by Gasteiger charge is 2.27. The van der Waals surface area contributed by atoms with Crippen LogP contribution < -0.4 is 10.6 Å². The van der Waals surface area contributed by atoms with Crippen molar-refractivity contribution >= 4 is 44.9 Å². The molecule has 0 atom stereocenters. The molecule has 0 unspecified atom stereocenters. The average Bonchev–Trinajstić information content (AvgIpc) is 3.36. The first-order chi connectivity index (χ1) is 14.2. The molecule has 1 aromatic carbocycles. The van der Waals surface area contributed by atoms with Crippen LogP contribution in [0.1, 0.15) is 29.6 Å². The molecular weight excluding hydrogens is 487 g/mol. The van der Waals surface area contributed by atoms with Crippen LogP contribution in [0.25, 0.3) is 16.9 Å². The third kappa shape index (κ3) is 4.70. The molecule has 0 radical (unpaired) electrons. The van der Waals surface area contributed by atoms with Gasteiger partial charge in [0.05, 0.1) is 28.9 Å². The summed E-state index contributed by atoms with van der Waals surface area (Å²) in [6.45, 7) is -0.318. The quantitative estimate of drug-likeness (QED) is 0.494. The third-order valence-corrected chi connectivity index (χ3v) is 5.28. The molecule has 2 aromatic heterocycles. The highest BCUT2D eigenvalue weighted by molar-refractivity contribution is 9.10. The normalized spacial score (nSPS) is 14.2. The minimum Gasteiger partial charge on any atom is -0.367 e. The van der Waals surface area contributed by atoms with Crippen LogP contribution in [0, 0.1) is 0 Å². The van der Waals surface area contributed by atoms with Gasteiger partial charge in [0.25, 0.3) is 5.91 Å². The summed E-state index contributed by atoms with van der Waals surface area (Å²) in [6.07, 6.45) is -0.0552. The first-order valence-corrected chi connectivity index (χ1v) is 10.3. The van der Waals surface area contributed by atoms with Crippen molar-refractivity contribution in [2.75, 3.05) is 11.9 Å². The Kier molecular flexibility index (Phi) is 5.63. The lowest BCUT2D eigenvalue weighted by atomic mass is 10.1. The largest absolute Gasteiger partial charge is 0.390 e. The number of rotatable bonds is 6. The summed E-state index contributed by atoms with van der Waals surface area (Å²) >= 11 is 9.62. The molecule has 11 heteroatoms. The summed E-state index contributed by atoms with van der Waals surface area (Å²) in [7, 11) is 0. The number of nitrogens with one attached hydrogen (secondary N) is 2. The van der Waals surface area contributed by atoms with Gasteiger partial charge >= 0.3 is 6.18 Å². The van der Waals surface area contributed by atoms with Gasteiger partial charge < -0.3 is 10.6 Å². The van der Waals surface area contributed by atoms with Crippen LogP contribution in [0.3, 0.4) is 0 Å². The van der Waals surface area contributed by atoms with Gasteiger partial charge in [0.2, 0.25) is 0 Å². The number of anilines is 1. The minimum absolute atomic E-state index is 0.213. The molecule has 3 aromatic rings. The van der Waals surface area contributed by atoms with Gasteiger partial charge in [-0.3, -0.25) is 9.20 Å². The van der Waals surface area contributed by atoms with Gasteiger partial charge in [-0.2, -0.15) is 13.2 Å². The Hall–Kier alpha value is -2.33. The zero-order chi connectivity index (χ0) is 21.5. The predicted octanol–water partition coefficient (Wildman–Crippen LogP) is 5.07. The van der Waals surface area contributed by atoms with Crippen molar-refractivity contribution in [1.29, 1.82) is 0 Å². The first-order valence-electron chi connectivity index (χ1n) is 9.16. The molecule has 158 valence electrons. The monoisotopic (exact) mass is 501 g/mol. The number of alkyl halides is 3. The van der Waals surface area contributed by atoms with E-state index in [0.717, 1.165) is 12.8 Å². The third-order valence-electron chi connectivity index (χ3n) is 4.59. The lowest BCUT2D eigenvalue weighted by molar-refractivity contribution is -0.131. The fourth-order valence-corrected chi connectivity index (χ4v) is 3.61. The molecule has 0 bridgehead atoms. The lowest BCUT2D eigenvalue weighted by Gasteiger charge is -2.11. The molecule has 2 N–H and O–H groups in total. The molecule has 4 rings (SSSR count). The maximum atomic E-state index is 12.4. The standard InChI is InChI=1S/C19H16BrClF3N5O/c20-15-9-29-14(8-26-17(29)16(28-15)25-6-5-19(22,23)24)10-1-4-12(13(21)7-10)18(30)27-11-2-3-11/h1,4,7-9,11H,2-3,5-6H2,(H,25,28)(H,27,30). The van der Waals surface area contributed by atoms with Crippen LogP contribution >= 0.6 is 27.5 Å². The summed E-state index contributed by atoms with van der Waals surface area (Å²) < 4.78 is 39.5. The number of carbonyl (C=O) groups is 1. The number of hydrogen-bond acceptors (Lipinski definition) is 4. The van der Waals surface area contributed by atoms with Gasteiger partial charge in [-0.1, -0.05) is 17.7 Å². The smallest absolute Gasteiger partial charge is 0.367 e. The van der Waals surface area contributed by atoms with Crippen LogP contribution in [-0.2, 0) is 0 Å². The molecule has 30 heavy (non-hydrogen) atoms. The van der Waals surface area contributed by atoms with E-state index in [-0.39, 0.29) is 24.3 Å². The maximum Gasteiger partial charge on any atom is 0.390 e. The topological polar surface area (TPSA) is 71.3 Å². The van der Waals surface area contributed by atoms with Crippen LogP contribution in [0.2, 0.25) is 5.02 Å². The van der Waals surface area contributed by atoms with Crippen molar-refractivity contribution in [1.82, 2.24) is 19.7 Å². The van der Waals surface area contributed by atoms with E-state index in [4.69, 9.17) is 11.6 Å². The Morgan fingerprint density at radius 3 is 2.77 bits per heavy atom. The van der Waals surface area contributed by atoms with Gasteiger partial charge in [0.15, 0.2) is 11.5 Å². The minimum atomic E-state index is -4.26. The van der Waals surface area contributed by atoms with E-state index in [1.807, 2.05) is 0 Å². The first kappa shape index (κ1) is 20.9. The summed E-state index contributed by atoms with van der Waals surface area (Å²) in [5, 5.41) is 5.89. The number of carbonyl (C=O) groups excluding carboxylic acids is 1. The van der Waals surface area contributed by atoms with Gasteiger partial charge in [0, 0.05) is 24.3 Å². The fourth-order valence-electron chi connectivity index (χ4n) is 2.96. The SMILES string of the molecule is O=C(NC1CC1)c1ccc(-c2cnc3c(NCCC(F)(F)F)nc(Br)cn23)cc1Cl. The molecule has 1 fully saturated rings. The molecule has 0 aliphatic heterocycles. The number of amides is 1. The van der Waals surface area contributed by atoms with E-state index in [0.29, 0.717) is 32.1 Å². The van der Waals surface area contributed by atoms with Crippen molar-refractivity contribution in [3.8, 4) is 11.3 Å². The fraction of sp³-hybridized carbons (Fsp3) is 0.316. The van der Waals surface area contributed by atoms with Crippen LogP contribution in [0.5, 0.6) is 0 Å². The molecule has 1 aliphatic rings. The Morgan fingerprint density at radius 2 is 2.10 bits per heavy atom. The van der Waals surface area contributed by atoms with E-state index in [2.05, 4.69) is 36.5 Å². The van der Waals surface area contributed by atoms with E-state index < -0.39 is 12.6 Å². The number of benzene rings is 1. The Labute approximate surface area is 183 Å². The second-order valence-electron chi connectivity index (χ2n) is 6.98. The van der Waals surface area contributed by atoms with Crippen LogP contribution in [0.4, 0.5) is 19.0 Å². The molecule has 1 saturated carbocycles. The Bertz CT molecular complexity index is 1110. The van der Waals surface area contributed by atoms with Crippen molar-refractivity contribution in [3.05, 3.63) is 45.8 Å². The molecule has 1 amide bonds. The molecule has 0 saturated heterocycles. The summed E-state index contributed by atoms with van der Waals surface area (Å²) in [5.41, 5.74) is 2.12. The number of hydrogen-bond donors (Lipinski definition) is 2. The highest BCUT2D eigenvalue weighted by Crippen LogP contribution is 2.30. The van der Waals surface area contributed by atoms with Crippen molar-refractivity contribution in [2.24, 2.45) is 0 Å². The summed E-state index contributed by atoms with van der Waals surface area (Å²) in [6, 6.07) is 5.29. The Morgan fingerprint density at radius 1 is 1.33 bits per heavy atom. The number of halogens is 5. The summed E-state index contributed by atoms with van der Waals surface area (Å²) in [5.74, 6) is 0.0155. The van der Waals surface area contributed by atoms with Crippen molar-refractivity contribution in [3.63, 3.8) is 0 Å².